The minimum Gasteiger partial charge on any atom is -0.446 e. The van der Waals surface area contributed by atoms with Crippen molar-refractivity contribution in [2.45, 2.75) is 12.5 Å². The van der Waals surface area contributed by atoms with Crippen molar-refractivity contribution in [2.24, 2.45) is 0 Å². The standard InChI is InChI=1S/C15H23BN3O5/c1-22-7-8-23-9-10-24-15(21)18-19-16-17-14(12-20)11-13-5-3-2-4-6-13/h2-6,12,14,17,19H,7-11H2,1H3,(H,18,21)/t14-/m0/s1. The first-order valence-corrected chi connectivity index (χ1v) is 7.58. The maximum atomic E-state index is 11.3. The van der Waals surface area contributed by atoms with Crippen LogP contribution in [0.5, 0.6) is 0 Å². The molecule has 9 heteroatoms. The number of ether oxygens (including phenoxy) is 3. The molecule has 1 amide bonds. The molecule has 0 unspecified atom stereocenters. The average molecular weight is 336 g/mol. The molecule has 0 saturated heterocycles. The minimum absolute atomic E-state index is 0.135. The number of carbonyl (C=O) groups excluding carboxylic acids is 2. The van der Waals surface area contributed by atoms with Crippen LogP contribution in [0.25, 0.3) is 0 Å². The van der Waals surface area contributed by atoms with Crippen molar-refractivity contribution < 1.29 is 23.8 Å². The maximum Gasteiger partial charge on any atom is 0.420 e. The summed E-state index contributed by atoms with van der Waals surface area (Å²) in [5.74, 6) is 0. The van der Waals surface area contributed by atoms with Crippen LogP contribution in [0.4, 0.5) is 4.79 Å². The van der Waals surface area contributed by atoms with Crippen LogP contribution < -0.4 is 16.0 Å². The van der Waals surface area contributed by atoms with Crippen LogP contribution in [0.1, 0.15) is 5.56 Å². The van der Waals surface area contributed by atoms with Crippen LogP contribution in [0.15, 0.2) is 30.3 Å². The highest BCUT2D eigenvalue weighted by molar-refractivity contribution is 6.29. The topological polar surface area (TPSA) is 97.9 Å². The smallest absolute Gasteiger partial charge is 0.420 e. The van der Waals surface area contributed by atoms with Crippen LogP contribution in [-0.4, -0.2) is 59.5 Å². The zero-order valence-electron chi connectivity index (χ0n) is 13.7. The maximum absolute atomic E-state index is 11.3. The van der Waals surface area contributed by atoms with E-state index in [-0.39, 0.29) is 6.61 Å². The Bertz CT molecular complexity index is 464. The third-order valence-corrected chi connectivity index (χ3v) is 2.90. The Morgan fingerprint density at radius 3 is 2.67 bits per heavy atom. The molecule has 0 fully saturated rings. The largest absolute Gasteiger partial charge is 0.446 e. The van der Waals surface area contributed by atoms with E-state index >= 15 is 0 Å². The molecule has 3 N–H and O–H groups in total. The summed E-state index contributed by atoms with van der Waals surface area (Å²) in [7, 11) is 2.96. The molecule has 24 heavy (non-hydrogen) atoms. The van der Waals surface area contributed by atoms with Crippen molar-refractivity contribution in [3.05, 3.63) is 35.9 Å². The normalized spacial score (nSPS) is 11.5. The average Bonchev–Trinajstić information content (AvgIpc) is 2.61. The summed E-state index contributed by atoms with van der Waals surface area (Å²) in [6.07, 6.45) is 0.709. The molecule has 0 heterocycles. The number of methoxy groups -OCH3 is 1. The van der Waals surface area contributed by atoms with Gasteiger partial charge in [0.05, 0.1) is 25.9 Å². The van der Waals surface area contributed by atoms with Gasteiger partial charge in [0.15, 0.2) is 0 Å². The van der Waals surface area contributed by atoms with Crippen LogP contribution in [-0.2, 0) is 25.4 Å². The molecular formula is C15H23BN3O5. The molecule has 8 nitrogen and oxygen atoms in total. The van der Waals surface area contributed by atoms with Gasteiger partial charge in [-0.1, -0.05) is 30.3 Å². The third kappa shape index (κ3) is 9.96. The van der Waals surface area contributed by atoms with Crippen molar-refractivity contribution in [2.75, 3.05) is 33.5 Å². The molecule has 1 radical (unpaired) electrons. The Balaban J connectivity index is 2.04. The molecule has 1 rings (SSSR count). The van der Waals surface area contributed by atoms with E-state index in [9.17, 15) is 9.59 Å². The summed E-state index contributed by atoms with van der Waals surface area (Å²) in [5.41, 5.74) is 3.34. The fourth-order valence-electron chi connectivity index (χ4n) is 1.73. The van der Waals surface area contributed by atoms with Gasteiger partial charge in [-0.05, 0) is 12.0 Å². The summed E-state index contributed by atoms with van der Waals surface area (Å²) >= 11 is 0. The highest BCUT2D eigenvalue weighted by Crippen LogP contribution is 2.01. The number of hydrogen-bond donors (Lipinski definition) is 3. The lowest BCUT2D eigenvalue weighted by Crippen LogP contribution is -2.49. The predicted molar refractivity (Wildman–Crippen MR) is 89.2 cm³/mol. The van der Waals surface area contributed by atoms with Crippen molar-refractivity contribution in [1.29, 1.82) is 0 Å². The van der Waals surface area contributed by atoms with E-state index in [1.807, 2.05) is 30.3 Å². The lowest BCUT2D eigenvalue weighted by Gasteiger charge is -2.13. The molecule has 0 aromatic heterocycles. The van der Waals surface area contributed by atoms with E-state index in [4.69, 9.17) is 14.2 Å². The van der Waals surface area contributed by atoms with Gasteiger partial charge in [-0.2, -0.15) is 0 Å². The number of hydrazine groups is 1. The molecule has 0 saturated carbocycles. The number of nitrogens with one attached hydrogen (secondary N) is 3. The van der Waals surface area contributed by atoms with E-state index in [1.54, 1.807) is 7.11 Å². The number of amides is 1. The van der Waals surface area contributed by atoms with Gasteiger partial charge in [-0.25, -0.2) is 4.79 Å². The summed E-state index contributed by atoms with van der Waals surface area (Å²) in [6.45, 7) is 1.37. The molecular weight excluding hydrogens is 313 g/mol. The molecule has 0 bridgehead atoms. The minimum atomic E-state index is -0.644. The van der Waals surface area contributed by atoms with Gasteiger partial charge in [0.2, 0.25) is 0 Å². The predicted octanol–water partition coefficient (Wildman–Crippen LogP) is -0.186. The zero-order chi connectivity index (χ0) is 17.5. The first-order chi connectivity index (χ1) is 11.8. The molecule has 1 aromatic carbocycles. The molecule has 131 valence electrons. The highest BCUT2D eigenvalue weighted by atomic mass is 16.6. The number of hydrogen-bond acceptors (Lipinski definition) is 7. The van der Waals surface area contributed by atoms with Crippen molar-refractivity contribution in [3.63, 3.8) is 0 Å². The summed E-state index contributed by atoms with van der Waals surface area (Å²) < 4.78 is 14.8. The Kier molecular flexibility index (Phi) is 11.3. The summed E-state index contributed by atoms with van der Waals surface area (Å²) in [4.78, 5) is 22.4. The van der Waals surface area contributed by atoms with Gasteiger partial charge < -0.3 is 24.2 Å². The molecule has 0 aliphatic rings. The van der Waals surface area contributed by atoms with E-state index in [0.29, 0.717) is 26.2 Å². The summed E-state index contributed by atoms with van der Waals surface area (Å²) in [5, 5.41) is 5.37. The van der Waals surface area contributed by atoms with Crippen LogP contribution in [0.2, 0.25) is 0 Å². The van der Waals surface area contributed by atoms with E-state index in [0.717, 1.165) is 11.8 Å². The highest BCUT2D eigenvalue weighted by Gasteiger charge is 2.08. The SMILES string of the molecule is COCCOCCOC(=O)NN[B]N[C@H](C=O)Cc1ccccc1. The molecule has 0 aliphatic carbocycles. The first kappa shape index (κ1) is 20.1. The Morgan fingerprint density at radius 2 is 1.96 bits per heavy atom. The molecule has 1 aromatic rings. The summed E-state index contributed by atoms with van der Waals surface area (Å²) in [6, 6.07) is 9.22. The Morgan fingerprint density at radius 1 is 1.21 bits per heavy atom. The number of rotatable bonds is 13. The number of benzene rings is 1. The Hall–Kier alpha value is -1.94. The zero-order valence-corrected chi connectivity index (χ0v) is 13.7. The lowest BCUT2D eigenvalue weighted by atomic mass is 10.0. The third-order valence-electron chi connectivity index (χ3n) is 2.90. The van der Waals surface area contributed by atoms with Gasteiger partial charge >= 0.3 is 13.6 Å². The fraction of sp³-hybridized carbons (Fsp3) is 0.467. The van der Waals surface area contributed by atoms with Gasteiger partial charge in [0, 0.05) is 7.11 Å². The van der Waals surface area contributed by atoms with Gasteiger partial charge in [0.1, 0.15) is 12.9 Å². The monoisotopic (exact) mass is 336 g/mol. The van der Waals surface area contributed by atoms with Crippen LogP contribution in [0.3, 0.4) is 0 Å². The van der Waals surface area contributed by atoms with Crippen LogP contribution in [0, 0.1) is 0 Å². The second-order valence-electron chi connectivity index (χ2n) is 4.75. The molecule has 1 atom stereocenters. The van der Waals surface area contributed by atoms with Crippen molar-refractivity contribution >= 4 is 19.9 Å². The van der Waals surface area contributed by atoms with E-state index < -0.39 is 12.1 Å². The van der Waals surface area contributed by atoms with Gasteiger partial charge in [0.25, 0.3) is 0 Å². The van der Waals surface area contributed by atoms with E-state index in [2.05, 4.69) is 16.0 Å². The Labute approximate surface area is 142 Å². The lowest BCUT2D eigenvalue weighted by molar-refractivity contribution is -0.109. The van der Waals surface area contributed by atoms with Crippen molar-refractivity contribution in [1.82, 2.24) is 16.0 Å². The van der Waals surface area contributed by atoms with E-state index in [1.165, 1.54) is 7.55 Å². The molecule has 0 spiro atoms. The molecule has 0 aliphatic heterocycles. The van der Waals surface area contributed by atoms with Crippen molar-refractivity contribution in [3.8, 4) is 0 Å². The number of aldehydes is 1. The quantitative estimate of drug-likeness (QED) is 0.199. The van der Waals surface area contributed by atoms with Gasteiger partial charge in [-0.3, -0.25) is 10.8 Å². The second kappa shape index (κ2) is 13.5. The van der Waals surface area contributed by atoms with Gasteiger partial charge in [-0.15, -0.1) is 0 Å². The van der Waals surface area contributed by atoms with Crippen LogP contribution >= 0.6 is 0 Å². The number of carbonyl (C=O) groups is 2. The first-order valence-electron chi connectivity index (χ1n) is 7.58. The fourth-order valence-corrected chi connectivity index (χ4v) is 1.73. The second-order valence-corrected chi connectivity index (χ2v) is 4.75.